The van der Waals surface area contributed by atoms with Gasteiger partial charge in [-0.1, -0.05) is 50.8 Å². The Labute approximate surface area is 103 Å². The van der Waals surface area contributed by atoms with Gasteiger partial charge in [-0.2, -0.15) is 0 Å². The second-order valence-electron chi connectivity index (χ2n) is 3.50. The average Bonchev–Trinajstić information content (AvgIpc) is 2.08. The van der Waals surface area contributed by atoms with Crippen LogP contribution in [0.25, 0.3) is 0 Å². The molecule has 0 aliphatic heterocycles. The van der Waals surface area contributed by atoms with Gasteiger partial charge in [-0.25, -0.2) is 0 Å². The molecule has 0 aliphatic carbocycles. The minimum Gasteiger partial charge on any atom is -0.121 e. The fourth-order valence-electron chi connectivity index (χ4n) is 1.26. The summed E-state index contributed by atoms with van der Waals surface area (Å²) in [5.74, 6) is 0. The number of hydrogen-bond donors (Lipinski definition) is 0. The van der Waals surface area contributed by atoms with Gasteiger partial charge in [0.1, 0.15) is 0 Å². The van der Waals surface area contributed by atoms with Crippen molar-refractivity contribution in [1.29, 1.82) is 0 Å². The molecule has 0 aromatic carbocycles. The van der Waals surface area contributed by atoms with Crippen LogP contribution in [-0.2, 0) is 0 Å². The molecule has 0 unspecified atom stereocenters. The molecule has 0 nitrogen and oxygen atoms in total. The van der Waals surface area contributed by atoms with Gasteiger partial charge in [0, 0.05) is 0 Å². The van der Waals surface area contributed by atoms with Gasteiger partial charge in [0.05, 0.1) is 0 Å². The molecule has 0 aromatic heterocycles. The molecule has 0 aromatic rings. The quantitative estimate of drug-likeness (QED) is 0.312. The van der Waals surface area contributed by atoms with Crippen LogP contribution in [0.4, 0.5) is 0 Å². The molecule has 0 rings (SSSR count). The molecule has 0 atom stereocenters. The predicted octanol–water partition coefficient (Wildman–Crippen LogP) is 5.49. The summed E-state index contributed by atoms with van der Waals surface area (Å²) in [6.45, 7) is 2.23. The minimum atomic E-state index is -2.50. The van der Waals surface area contributed by atoms with Crippen LogP contribution in [-0.4, -0.2) is 6.00 Å². The zero-order chi connectivity index (χ0) is 10.9. The summed E-state index contributed by atoms with van der Waals surface area (Å²) in [6.07, 6.45) is 10.9. The van der Waals surface area contributed by atoms with Gasteiger partial charge in [0.15, 0.2) is 0 Å². The molecule has 0 saturated carbocycles. The topological polar surface area (TPSA) is 0 Å². The summed E-state index contributed by atoms with van der Waals surface area (Å²) in [5, 5.41) is 0. The SMILES string of the molecule is CCCCCCCC/C=C/[Si](Cl)(Cl)Cl. The largest absolute Gasteiger partial charge is 0.365 e. The standard InChI is InChI=1S/C10H19Cl3Si/c1-2-3-4-5-6-7-8-9-10-14(11,12)13/h9-10H,2-8H2,1H3/b10-9+. The molecule has 84 valence electrons. The first-order valence-electron chi connectivity index (χ1n) is 5.30. The van der Waals surface area contributed by atoms with E-state index in [-0.39, 0.29) is 0 Å². The van der Waals surface area contributed by atoms with Crippen molar-refractivity contribution in [3.8, 4) is 0 Å². The smallest absolute Gasteiger partial charge is 0.121 e. The van der Waals surface area contributed by atoms with Crippen LogP contribution in [0.3, 0.4) is 0 Å². The van der Waals surface area contributed by atoms with Crippen molar-refractivity contribution in [3.63, 3.8) is 0 Å². The molecule has 0 N–H and O–H groups in total. The second kappa shape index (κ2) is 9.08. The van der Waals surface area contributed by atoms with Crippen LogP contribution in [0, 0.1) is 0 Å². The fourth-order valence-corrected chi connectivity index (χ4v) is 2.50. The summed E-state index contributed by atoms with van der Waals surface area (Å²) in [7, 11) is 0. The van der Waals surface area contributed by atoms with Gasteiger partial charge in [0.25, 0.3) is 0 Å². The third-order valence-electron chi connectivity index (χ3n) is 2.03. The lowest BCUT2D eigenvalue weighted by Crippen LogP contribution is -2.02. The monoisotopic (exact) mass is 272 g/mol. The first-order chi connectivity index (χ1) is 6.56. The molecule has 0 saturated heterocycles. The van der Waals surface area contributed by atoms with Gasteiger partial charge in [0.2, 0.25) is 0 Å². The Balaban J connectivity index is 3.17. The lowest BCUT2D eigenvalue weighted by Gasteiger charge is -1.99. The van der Waals surface area contributed by atoms with Gasteiger partial charge in [-0.05, 0) is 12.8 Å². The maximum absolute atomic E-state index is 5.70. The van der Waals surface area contributed by atoms with E-state index in [1.165, 1.54) is 38.5 Å². The summed E-state index contributed by atoms with van der Waals surface area (Å²) >= 11 is 17.1. The predicted molar refractivity (Wildman–Crippen MR) is 70.4 cm³/mol. The van der Waals surface area contributed by atoms with Crippen molar-refractivity contribution >= 4 is 39.2 Å². The third kappa shape index (κ3) is 12.8. The van der Waals surface area contributed by atoms with Gasteiger partial charge >= 0.3 is 6.00 Å². The van der Waals surface area contributed by atoms with E-state index in [2.05, 4.69) is 6.92 Å². The number of hydrogen-bond acceptors (Lipinski definition) is 0. The maximum atomic E-state index is 5.70. The van der Waals surface area contributed by atoms with Crippen LogP contribution in [0.5, 0.6) is 0 Å². The van der Waals surface area contributed by atoms with E-state index in [9.17, 15) is 0 Å². The summed E-state index contributed by atoms with van der Waals surface area (Å²) in [5.41, 5.74) is 1.77. The molecule has 0 amide bonds. The Morgan fingerprint density at radius 1 is 0.929 bits per heavy atom. The van der Waals surface area contributed by atoms with E-state index in [1.54, 1.807) is 5.70 Å². The highest BCUT2D eigenvalue weighted by Gasteiger charge is 2.19. The zero-order valence-electron chi connectivity index (χ0n) is 8.74. The highest BCUT2D eigenvalue weighted by Crippen LogP contribution is 2.21. The van der Waals surface area contributed by atoms with Crippen LogP contribution in [0.1, 0.15) is 51.9 Å². The van der Waals surface area contributed by atoms with E-state index < -0.39 is 6.00 Å². The Morgan fingerprint density at radius 2 is 1.50 bits per heavy atom. The second-order valence-corrected chi connectivity index (χ2v) is 12.0. The van der Waals surface area contributed by atoms with Crippen molar-refractivity contribution in [2.45, 2.75) is 51.9 Å². The van der Waals surface area contributed by atoms with Crippen LogP contribution < -0.4 is 0 Å². The lowest BCUT2D eigenvalue weighted by molar-refractivity contribution is 0.611. The molecule has 0 bridgehead atoms. The number of allylic oxidation sites excluding steroid dienone is 1. The zero-order valence-corrected chi connectivity index (χ0v) is 12.0. The Morgan fingerprint density at radius 3 is 2.07 bits per heavy atom. The Bertz CT molecular complexity index is 152. The van der Waals surface area contributed by atoms with Crippen LogP contribution in [0.15, 0.2) is 11.8 Å². The third-order valence-corrected chi connectivity index (χ3v) is 3.78. The number of rotatable bonds is 8. The van der Waals surface area contributed by atoms with Gasteiger partial charge in [-0.15, -0.1) is 33.2 Å². The lowest BCUT2D eigenvalue weighted by atomic mass is 10.1. The van der Waals surface area contributed by atoms with Crippen molar-refractivity contribution in [2.75, 3.05) is 0 Å². The molecular formula is C10H19Cl3Si. The van der Waals surface area contributed by atoms with Gasteiger partial charge < -0.3 is 0 Å². The normalized spacial score (nSPS) is 12.6. The number of unbranched alkanes of at least 4 members (excludes halogenated alkanes) is 6. The first-order valence-corrected chi connectivity index (χ1v) is 10.4. The molecule has 0 aliphatic rings. The van der Waals surface area contributed by atoms with E-state index >= 15 is 0 Å². The summed E-state index contributed by atoms with van der Waals surface area (Å²) in [4.78, 5) is 0. The van der Waals surface area contributed by atoms with Crippen molar-refractivity contribution < 1.29 is 0 Å². The molecule has 0 radical (unpaired) electrons. The molecule has 4 heteroatoms. The van der Waals surface area contributed by atoms with E-state index in [0.717, 1.165) is 6.42 Å². The van der Waals surface area contributed by atoms with Gasteiger partial charge in [-0.3, -0.25) is 0 Å². The van der Waals surface area contributed by atoms with E-state index in [4.69, 9.17) is 33.2 Å². The first kappa shape index (κ1) is 14.8. The van der Waals surface area contributed by atoms with Crippen molar-refractivity contribution in [2.24, 2.45) is 0 Å². The highest BCUT2D eigenvalue weighted by atomic mass is 35.8. The Kier molecular flexibility index (Phi) is 9.62. The maximum Gasteiger partial charge on any atom is 0.365 e. The Hall–Kier alpha value is 0.827. The molecule has 0 heterocycles. The molecule has 0 fully saturated rings. The van der Waals surface area contributed by atoms with Crippen LogP contribution in [0.2, 0.25) is 0 Å². The summed E-state index contributed by atoms with van der Waals surface area (Å²) < 4.78 is 0. The van der Waals surface area contributed by atoms with E-state index in [0.29, 0.717) is 0 Å². The fraction of sp³-hybridized carbons (Fsp3) is 0.800. The molecule has 0 spiro atoms. The van der Waals surface area contributed by atoms with E-state index in [1.807, 2.05) is 6.08 Å². The van der Waals surface area contributed by atoms with Crippen LogP contribution >= 0.6 is 33.2 Å². The van der Waals surface area contributed by atoms with Crippen molar-refractivity contribution in [3.05, 3.63) is 11.8 Å². The van der Waals surface area contributed by atoms with Crippen molar-refractivity contribution in [1.82, 2.24) is 0 Å². The number of halogens is 3. The minimum absolute atomic E-state index is 1.05. The summed E-state index contributed by atoms with van der Waals surface area (Å²) in [6, 6.07) is -2.50. The highest BCUT2D eigenvalue weighted by molar-refractivity contribution is 7.66. The molecule has 14 heavy (non-hydrogen) atoms. The molecular weight excluding hydrogens is 255 g/mol. The average molecular weight is 274 g/mol.